The molecule has 21 heavy (non-hydrogen) atoms. The van der Waals surface area contributed by atoms with Crippen LogP contribution < -0.4 is 4.72 Å². The van der Waals surface area contributed by atoms with E-state index in [0.717, 1.165) is 22.8 Å². The number of aromatic nitrogens is 2. The fourth-order valence-electron chi connectivity index (χ4n) is 1.83. The molecule has 3 aromatic rings. The maximum Gasteiger partial charge on any atom is 0.345 e. The molecule has 0 aliphatic heterocycles. The van der Waals surface area contributed by atoms with E-state index in [-0.39, 0.29) is 9.77 Å². The first-order chi connectivity index (χ1) is 9.97. The van der Waals surface area contributed by atoms with Crippen LogP contribution in [0.5, 0.6) is 0 Å². The van der Waals surface area contributed by atoms with Gasteiger partial charge in [-0.1, -0.05) is 12.1 Å². The lowest BCUT2D eigenvalue weighted by Crippen LogP contribution is -2.12. The molecular formula is C12H9N3O4S2. The molecule has 1 aromatic carbocycles. The number of hydrogen-bond acceptors (Lipinski definition) is 5. The Morgan fingerprint density at radius 2 is 2.19 bits per heavy atom. The SMILES string of the molecule is O=C(O)c1cc(S(=O)(=O)Nc2cccc3cn[nH]c23)cs1. The maximum atomic E-state index is 12.3. The smallest absolute Gasteiger partial charge is 0.345 e. The molecule has 0 spiro atoms. The summed E-state index contributed by atoms with van der Waals surface area (Å²) in [5.74, 6) is -1.16. The molecule has 108 valence electrons. The molecule has 2 aromatic heterocycles. The van der Waals surface area contributed by atoms with E-state index >= 15 is 0 Å². The number of rotatable bonds is 4. The van der Waals surface area contributed by atoms with Crippen LogP contribution in [-0.4, -0.2) is 29.7 Å². The van der Waals surface area contributed by atoms with E-state index in [1.165, 1.54) is 5.38 Å². The molecule has 0 saturated heterocycles. The third-order valence-electron chi connectivity index (χ3n) is 2.82. The number of thiophene rings is 1. The van der Waals surface area contributed by atoms with Crippen molar-refractivity contribution >= 4 is 43.9 Å². The van der Waals surface area contributed by atoms with E-state index < -0.39 is 16.0 Å². The van der Waals surface area contributed by atoms with Crippen LogP contribution in [0.25, 0.3) is 10.9 Å². The number of nitrogens with zero attached hydrogens (tertiary/aromatic N) is 1. The summed E-state index contributed by atoms with van der Waals surface area (Å²) in [5, 5.41) is 17.5. The van der Waals surface area contributed by atoms with Crippen molar-refractivity contribution in [2.24, 2.45) is 0 Å². The topological polar surface area (TPSA) is 112 Å². The third-order valence-corrected chi connectivity index (χ3v) is 5.23. The number of fused-ring (bicyclic) bond motifs is 1. The van der Waals surface area contributed by atoms with E-state index in [1.54, 1.807) is 24.4 Å². The van der Waals surface area contributed by atoms with Crippen molar-refractivity contribution in [3.8, 4) is 0 Å². The molecule has 2 heterocycles. The minimum Gasteiger partial charge on any atom is -0.477 e. The van der Waals surface area contributed by atoms with Crippen molar-refractivity contribution in [3.63, 3.8) is 0 Å². The van der Waals surface area contributed by atoms with Crippen molar-refractivity contribution in [3.05, 3.63) is 40.7 Å². The highest BCUT2D eigenvalue weighted by atomic mass is 32.2. The molecule has 0 aliphatic rings. The predicted octanol–water partition coefficient (Wildman–Crippen LogP) is 2.12. The first kappa shape index (κ1) is 13.6. The zero-order chi connectivity index (χ0) is 15.0. The van der Waals surface area contributed by atoms with Crippen molar-refractivity contribution < 1.29 is 18.3 Å². The monoisotopic (exact) mass is 323 g/mol. The van der Waals surface area contributed by atoms with E-state index in [4.69, 9.17) is 5.11 Å². The summed E-state index contributed by atoms with van der Waals surface area (Å²) in [4.78, 5) is 10.7. The molecule has 0 bridgehead atoms. The lowest BCUT2D eigenvalue weighted by atomic mass is 10.2. The van der Waals surface area contributed by atoms with Gasteiger partial charge in [-0.2, -0.15) is 5.10 Å². The van der Waals surface area contributed by atoms with Crippen LogP contribution in [0.1, 0.15) is 9.67 Å². The molecule has 0 unspecified atom stereocenters. The molecule has 0 fully saturated rings. The van der Waals surface area contributed by atoms with Crippen molar-refractivity contribution in [2.45, 2.75) is 4.90 Å². The number of aromatic amines is 1. The average molecular weight is 323 g/mol. The molecule has 0 aliphatic carbocycles. The lowest BCUT2D eigenvalue weighted by Gasteiger charge is -2.07. The molecule has 3 rings (SSSR count). The Kier molecular flexibility index (Phi) is 3.15. The van der Waals surface area contributed by atoms with Gasteiger partial charge in [0.1, 0.15) is 4.88 Å². The predicted molar refractivity (Wildman–Crippen MR) is 78.2 cm³/mol. The molecule has 0 amide bonds. The van der Waals surface area contributed by atoms with Gasteiger partial charge < -0.3 is 5.11 Å². The van der Waals surface area contributed by atoms with Gasteiger partial charge in [0.25, 0.3) is 10.0 Å². The molecule has 0 saturated carbocycles. The van der Waals surface area contributed by atoms with Gasteiger partial charge in [0.2, 0.25) is 0 Å². The van der Waals surface area contributed by atoms with Crippen LogP contribution in [0.15, 0.2) is 40.7 Å². The summed E-state index contributed by atoms with van der Waals surface area (Å²) in [7, 11) is -3.85. The number of H-pyrrole nitrogens is 1. The number of carboxylic acids is 1. The Morgan fingerprint density at radius 3 is 2.90 bits per heavy atom. The van der Waals surface area contributed by atoms with E-state index in [9.17, 15) is 13.2 Å². The van der Waals surface area contributed by atoms with Gasteiger partial charge in [-0.15, -0.1) is 11.3 Å². The number of sulfonamides is 1. The van der Waals surface area contributed by atoms with E-state index in [2.05, 4.69) is 14.9 Å². The van der Waals surface area contributed by atoms with Gasteiger partial charge in [0.15, 0.2) is 0 Å². The molecular weight excluding hydrogens is 314 g/mol. The molecule has 9 heteroatoms. The largest absolute Gasteiger partial charge is 0.477 e. The summed E-state index contributed by atoms with van der Waals surface area (Å²) < 4.78 is 27.0. The Balaban J connectivity index is 1.99. The Labute approximate surface area is 123 Å². The number of anilines is 1. The van der Waals surface area contributed by atoms with Gasteiger partial charge in [-0.3, -0.25) is 9.82 Å². The zero-order valence-corrected chi connectivity index (χ0v) is 12.0. The summed E-state index contributed by atoms with van der Waals surface area (Å²) >= 11 is 0.862. The zero-order valence-electron chi connectivity index (χ0n) is 10.4. The second-order valence-electron chi connectivity index (χ2n) is 4.20. The lowest BCUT2D eigenvalue weighted by molar-refractivity contribution is 0.0702. The third kappa shape index (κ3) is 2.48. The van der Waals surface area contributed by atoms with Gasteiger partial charge >= 0.3 is 5.97 Å². The van der Waals surface area contributed by atoms with Gasteiger partial charge in [0.05, 0.1) is 22.3 Å². The normalized spacial score (nSPS) is 11.6. The number of para-hydroxylation sites is 1. The second kappa shape index (κ2) is 4.86. The summed E-state index contributed by atoms with van der Waals surface area (Å²) in [5.41, 5.74) is 0.919. The Hall–Kier alpha value is -2.39. The van der Waals surface area contributed by atoms with Gasteiger partial charge in [-0.05, 0) is 12.1 Å². The van der Waals surface area contributed by atoms with Crippen LogP contribution in [0.4, 0.5) is 5.69 Å². The molecule has 0 radical (unpaired) electrons. The molecule has 0 atom stereocenters. The number of aromatic carboxylic acids is 1. The highest BCUT2D eigenvalue weighted by Gasteiger charge is 2.19. The van der Waals surface area contributed by atoms with E-state index in [0.29, 0.717) is 11.2 Å². The quantitative estimate of drug-likeness (QED) is 0.681. The summed E-state index contributed by atoms with van der Waals surface area (Å²) in [6.07, 6.45) is 1.58. The minimum absolute atomic E-state index is 0.0323. The second-order valence-corrected chi connectivity index (χ2v) is 6.79. The van der Waals surface area contributed by atoms with Crippen molar-refractivity contribution in [1.82, 2.24) is 10.2 Å². The standard InChI is InChI=1S/C12H9N3O4S2/c16-12(17)10-4-8(6-20-10)21(18,19)15-9-3-1-2-7-5-13-14-11(7)9/h1-6,15H,(H,13,14)(H,16,17). The van der Waals surface area contributed by atoms with Crippen LogP contribution >= 0.6 is 11.3 Å². The average Bonchev–Trinajstić information content (AvgIpc) is 3.08. The number of carbonyl (C=O) groups is 1. The first-order valence-electron chi connectivity index (χ1n) is 5.74. The summed E-state index contributed by atoms with van der Waals surface area (Å²) in [6, 6.07) is 6.22. The van der Waals surface area contributed by atoms with Crippen molar-refractivity contribution in [2.75, 3.05) is 4.72 Å². The number of benzene rings is 1. The highest BCUT2D eigenvalue weighted by molar-refractivity contribution is 7.92. The van der Waals surface area contributed by atoms with E-state index in [1.807, 2.05) is 0 Å². The fraction of sp³-hybridized carbons (Fsp3) is 0. The number of carboxylic acid groups (broad SMARTS) is 1. The number of nitrogens with one attached hydrogen (secondary N) is 2. The fourth-order valence-corrected chi connectivity index (χ4v) is 4.01. The summed E-state index contributed by atoms with van der Waals surface area (Å²) in [6.45, 7) is 0. The van der Waals surface area contributed by atoms with Crippen LogP contribution in [0.2, 0.25) is 0 Å². The van der Waals surface area contributed by atoms with Gasteiger partial charge in [-0.25, -0.2) is 13.2 Å². The van der Waals surface area contributed by atoms with Crippen LogP contribution in [0, 0.1) is 0 Å². The molecule has 3 N–H and O–H groups in total. The Morgan fingerprint density at radius 1 is 1.38 bits per heavy atom. The maximum absolute atomic E-state index is 12.3. The first-order valence-corrected chi connectivity index (χ1v) is 8.10. The van der Waals surface area contributed by atoms with Gasteiger partial charge in [0, 0.05) is 10.8 Å². The Bertz CT molecular complexity index is 927. The molecule has 7 nitrogen and oxygen atoms in total. The van der Waals surface area contributed by atoms with Crippen molar-refractivity contribution in [1.29, 1.82) is 0 Å². The number of hydrogen-bond donors (Lipinski definition) is 3. The minimum atomic E-state index is -3.85. The highest BCUT2D eigenvalue weighted by Crippen LogP contribution is 2.25. The van der Waals surface area contributed by atoms with Crippen LogP contribution in [0.3, 0.4) is 0 Å². The van der Waals surface area contributed by atoms with Crippen LogP contribution in [-0.2, 0) is 10.0 Å².